The predicted molar refractivity (Wildman–Crippen MR) is 82.6 cm³/mol. The van der Waals surface area contributed by atoms with E-state index in [2.05, 4.69) is 15.4 Å². The molecule has 0 bridgehead atoms. The number of aromatic nitrogens is 3. The molecule has 0 unspecified atom stereocenters. The molecule has 0 fully saturated rings. The Morgan fingerprint density at radius 3 is 2.70 bits per heavy atom. The highest BCUT2D eigenvalue weighted by Crippen LogP contribution is 2.40. The van der Waals surface area contributed by atoms with E-state index in [-0.39, 0.29) is 28.7 Å². The average Bonchev–Trinajstić information content (AvgIpc) is 2.55. The van der Waals surface area contributed by atoms with Gasteiger partial charge < -0.3 is 15.0 Å². The highest BCUT2D eigenvalue weighted by molar-refractivity contribution is 5.99. The van der Waals surface area contributed by atoms with Crippen molar-refractivity contribution in [2.45, 2.75) is 13.5 Å². The predicted octanol–water partition coefficient (Wildman–Crippen LogP) is 0.503. The lowest BCUT2D eigenvalue weighted by Crippen LogP contribution is -2.33. The monoisotopic (exact) mass is 317 g/mol. The maximum atomic E-state index is 12.3. The van der Waals surface area contributed by atoms with Crippen molar-refractivity contribution < 1.29 is 9.53 Å². The number of rotatable bonds is 2. The molecule has 0 saturated carbocycles. The Kier molecular flexibility index (Phi) is 3.40. The Labute approximate surface area is 130 Å². The molecule has 0 aromatic carbocycles. The second-order valence-electron chi connectivity index (χ2n) is 5.18. The second kappa shape index (κ2) is 5.27. The number of amides is 1. The first-order valence-electron chi connectivity index (χ1n) is 6.95. The highest BCUT2D eigenvalue weighted by Gasteiger charge is 2.28. The minimum absolute atomic E-state index is 0.0272. The molecule has 0 aliphatic carbocycles. The normalized spacial score (nSPS) is 11.8. The van der Waals surface area contributed by atoms with Crippen LogP contribution < -0.4 is 21.2 Å². The van der Waals surface area contributed by atoms with E-state index in [4.69, 9.17) is 4.74 Å². The molecule has 1 aliphatic rings. The van der Waals surface area contributed by atoms with Crippen molar-refractivity contribution in [3.05, 3.63) is 38.7 Å². The number of carbonyl (C=O) groups is 1. The first-order chi connectivity index (χ1) is 10.9. The van der Waals surface area contributed by atoms with Crippen LogP contribution in [0.25, 0.3) is 0 Å². The maximum Gasteiger partial charge on any atom is 0.308 e. The van der Waals surface area contributed by atoms with E-state index in [0.29, 0.717) is 12.2 Å². The summed E-state index contributed by atoms with van der Waals surface area (Å²) in [6.07, 6.45) is 2.79. The molecule has 0 spiro atoms. The van der Waals surface area contributed by atoms with Crippen molar-refractivity contribution in [1.29, 1.82) is 0 Å². The smallest absolute Gasteiger partial charge is 0.308 e. The molecule has 2 N–H and O–H groups in total. The number of nitrogens with zero attached hydrogens (tertiary/aromatic N) is 3. The van der Waals surface area contributed by atoms with Crippen molar-refractivity contribution in [2.75, 3.05) is 19.4 Å². The lowest BCUT2D eigenvalue weighted by Gasteiger charge is -2.23. The standard InChI is InChI=1S/C14H15N5O4/c1-4-19-14(22)9-11(12(20)17-19)23-10-7(13(21)18(2)3)5-15-6-8(10)16-9/h5-6,16H,4H2,1-3H3,(H,17,20). The fraction of sp³-hybridized carbons (Fsp3) is 0.286. The van der Waals surface area contributed by atoms with Crippen LogP contribution >= 0.6 is 0 Å². The molecule has 120 valence electrons. The van der Waals surface area contributed by atoms with E-state index in [1.165, 1.54) is 22.0 Å². The lowest BCUT2D eigenvalue weighted by molar-refractivity contribution is 0.0824. The number of H-pyrrole nitrogens is 1. The summed E-state index contributed by atoms with van der Waals surface area (Å²) in [5.74, 6) is -0.311. The SMILES string of the molecule is CCn1[nH]c(=O)c2c(c1=O)Nc1cncc(C(=O)N(C)C)c1O2. The quantitative estimate of drug-likeness (QED) is 0.712. The van der Waals surface area contributed by atoms with Crippen LogP contribution in [-0.2, 0) is 6.54 Å². The number of pyridine rings is 1. The van der Waals surface area contributed by atoms with Crippen LogP contribution in [0.15, 0.2) is 22.0 Å². The molecule has 0 saturated heterocycles. The Morgan fingerprint density at radius 1 is 1.30 bits per heavy atom. The van der Waals surface area contributed by atoms with E-state index >= 15 is 0 Å². The van der Waals surface area contributed by atoms with E-state index in [1.807, 2.05) is 0 Å². The van der Waals surface area contributed by atoms with Gasteiger partial charge in [0.2, 0.25) is 5.75 Å². The summed E-state index contributed by atoms with van der Waals surface area (Å²) in [7, 11) is 3.19. The zero-order valence-corrected chi connectivity index (χ0v) is 12.8. The van der Waals surface area contributed by atoms with E-state index in [0.717, 1.165) is 0 Å². The van der Waals surface area contributed by atoms with Gasteiger partial charge in [-0.25, -0.2) is 4.68 Å². The summed E-state index contributed by atoms with van der Waals surface area (Å²) in [6.45, 7) is 2.05. The highest BCUT2D eigenvalue weighted by atomic mass is 16.5. The minimum Gasteiger partial charge on any atom is -0.446 e. The van der Waals surface area contributed by atoms with Gasteiger partial charge in [-0.05, 0) is 6.92 Å². The molecule has 0 atom stereocenters. The first kappa shape index (κ1) is 14.8. The van der Waals surface area contributed by atoms with Gasteiger partial charge in [-0.1, -0.05) is 0 Å². The molecule has 3 rings (SSSR count). The first-order valence-corrected chi connectivity index (χ1v) is 6.95. The van der Waals surface area contributed by atoms with Crippen LogP contribution in [-0.4, -0.2) is 39.7 Å². The molecule has 9 nitrogen and oxygen atoms in total. The van der Waals surface area contributed by atoms with Crippen molar-refractivity contribution in [3.63, 3.8) is 0 Å². The van der Waals surface area contributed by atoms with Crippen molar-refractivity contribution in [3.8, 4) is 11.5 Å². The van der Waals surface area contributed by atoms with Crippen LogP contribution in [0.5, 0.6) is 11.5 Å². The molecule has 2 aromatic heterocycles. The third-order valence-corrected chi connectivity index (χ3v) is 3.44. The van der Waals surface area contributed by atoms with E-state index in [9.17, 15) is 14.4 Å². The summed E-state index contributed by atoms with van der Waals surface area (Å²) in [5, 5.41) is 5.28. The number of carbonyl (C=O) groups excluding carboxylic acids is 1. The zero-order chi connectivity index (χ0) is 16.7. The van der Waals surface area contributed by atoms with Crippen LogP contribution in [0.2, 0.25) is 0 Å². The van der Waals surface area contributed by atoms with Gasteiger partial charge in [0, 0.05) is 26.8 Å². The largest absolute Gasteiger partial charge is 0.446 e. The van der Waals surface area contributed by atoms with Gasteiger partial charge in [0.25, 0.3) is 11.5 Å². The van der Waals surface area contributed by atoms with Gasteiger partial charge in [0.05, 0.1) is 6.20 Å². The number of fused-ring (bicyclic) bond motifs is 2. The molecular formula is C14H15N5O4. The molecule has 0 radical (unpaired) electrons. The van der Waals surface area contributed by atoms with Crippen LogP contribution in [0.1, 0.15) is 17.3 Å². The second-order valence-corrected chi connectivity index (χ2v) is 5.18. The van der Waals surface area contributed by atoms with Crippen LogP contribution in [0.3, 0.4) is 0 Å². The van der Waals surface area contributed by atoms with Gasteiger partial charge in [-0.3, -0.25) is 24.5 Å². The zero-order valence-electron chi connectivity index (χ0n) is 12.8. The summed E-state index contributed by atoms with van der Waals surface area (Å²) < 4.78 is 6.76. The van der Waals surface area contributed by atoms with Gasteiger partial charge in [-0.2, -0.15) is 0 Å². The Morgan fingerprint density at radius 2 is 2.04 bits per heavy atom. The number of hydrogen-bond donors (Lipinski definition) is 2. The number of ether oxygens (including phenoxy) is 1. The minimum atomic E-state index is -0.556. The molecule has 1 amide bonds. The molecule has 9 heteroatoms. The average molecular weight is 317 g/mol. The number of nitrogens with one attached hydrogen (secondary N) is 2. The molecule has 1 aliphatic heterocycles. The van der Waals surface area contributed by atoms with Crippen molar-refractivity contribution >= 4 is 17.3 Å². The summed E-state index contributed by atoms with van der Waals surface area (Å²) in [6, 6.07) is 0. The van der Waals surface area contributed by atoms with E-state index in [1.54, 1.807) is 21.0 Å². The van der Waals surface area contributed by atoms with Crippen molar-refractivity contribution in [2.24, 2.45) is 0 Å². The fourth-order valence-corrected chi connectivity index (χ4v) is 2.28. The molecule has 23 heavy (non-hydrogen) atoms. The van der Waals surface area contributed by atoms with Gasteiger partial charge in [0.1, 0.15) is 11.3 Å². The van der Waals surface area contributed by atoms with Crippen LogP contribution in [0, 0.1) is 0 Å². The topological polar surface area (TPSA) is 109 Å². The van der Waals surface area contributed by atoms with Crippen LogP contribution in [0.4, 0.5) is 11.4 Å². The van der Waals surface area contributed by atoms with Crippen molar-refractivity contribution in [1.82, 2.24) is 19.7 Å². The molecule has 3 heterocycles. The Bertz CT molecular complexity index is 912. The van der Waals surface area contributed by atoms with Gasteiger partial charge in [0.15, 0.2) is 11.4 Å². The number of aromatic amines is 1. The lowest BCUT2D eigenvalue weighted by atomic mass is 10.2. The summed E-state index contributed by atoms with van der Waals surface area (Å²) in [5.41, 5.74) is -0.392. The molecule has 2 aromatic rings. The third-order valence-electron chi connectivity index (χ3n) is 3.44. The molecular weight excluding hydrogens is 302 g/mol. The number of anilines is 2. The Hall–Kier alpha value is -3.10. The van der Waals surface area contributed by atoms with E-state index < -0.39 is 11.1 Å². The number of aryl methyl sites for hydroxylation is 1. The summed E-state index contributed by atoms with van der Waals surface area (Å²) in [4.78, 5) is 42.0. The van der Waals surface area contributed by atoms with Gasteiger partial charge >= 0.3 is 5.56 Å². The third kappa shape index (κ3) is 2.26. The fourth-order valence-electron chi connectivity index (χ4n) is 2.28. The Balaban J connectivity index is 2.19. The maximum absolute atomic E-state index is 12.3. The van der Waals surface area contributed by atoms with Gasteiger partial charge in [-0.15, -0.1) is 0 Å². The summed E-state index contributed by atoms with van der Waals surface area (Å²) >= 11 is 0. The number of hydrogen-bond acceptors (Lipinski definition) is 6.